The number of nitrogens with one attached hydrogen (secondary N) is 2. The Kier molecular flexibility index (Phi) is 7.03. The van der Waals surface area contributed by atoms with E-state index >= 15 is 0 Å². The van der Waals surface area contributed by atoms with Crippen molar-refractivity contribution in [3.8, 4) is 17.3 Å². The first-order chi connectivity index (χ1) is 21.0. The average Bonchev–Trinajstić information content (AvgIpc) is 3.48. The van der Waals surface area contributed by atoms with Gasteiger partial charge in [0.1, 0.15) is 22.8 Å². The van der Waals surface area contributed by atoms with Gasteiger partial charge >= 0.3 is 6.55 Å². The first-order valence-corrected chi connectivity index (χ1v) is 16.8. The standard InChI is InChI=1S/C30H35F2N7O4S/c1-16-27(23-12-18-6-11-24(39(30(31)32)44(3,41)42)36-28(18)37(23)15-17-4-5-17)35-25-13-19(14-26(43-2)38(16)25)29(40)34-22-10-8-20-7-9-21(22)33-20/h6,11-14,17,20-22,30,33H,4-5,7-10,15H2,1-3H3,(H,34,40)/t20-,21+,22-/m1/s1. The second-order valence-corrected chi connectivity index (χ2v) is 14.1. The van der Waals surface area contributed by atoms with Crippen molar-refractivity contribution in [3.05, 3.63) is 41.6 Å². The quantitative estimate of drug-likeness (QED) is 0.268. The molecule has 1 aliphatic carbocycles. The fourth-order valence-corrected chi connectivity index (χ4v) is 7.53. The summed E-state index contributed by atoms with van der Waals surface area (Å²) in [6, 6.07) is 9.16. The number of aryl methyl sites for hydroxylation is 1. The van der Waals surface area contributed by atoms with Crippen LogP contribution < -0.4 is 19.7 Å². The van der Waals surface area contributed by atoms with Crippen molar-refractivity contribution in [2.45, 2.75) is 76.7 Å². The number of alkyl halides is 2. The number of sulfonamides is 1. The third-order valence-electron chi connectivity index (χ3n) is 9.16. The zero-order chi connectivity index (χ0) is 30.9. The van der Waals surface area contributed by atoms with Gasteiger partial charge in [-0.05, 0) is 75.6 Å². The van der Waals surface area contributed by atoms with Crippen LogP contribution in [0.3, 0.4) is 0 Å². The van der Waals surface area contributed by atoms with Crippen LogP contribution >= 0.6 is 0 Å². The van der Waals surface area contributed by atoms with Gasteiger partial charge < -0.3 is 19.9 Å². The molecule has 4 aromatic rings. The van der Waals surface area contributed by atoms with Gasteiger partial charge in [-0.15, -0.1) is 0 Å². The normalized spacial score (nSPS) is 21.8. The second kappa shape index (κ2) is 10.7. The van der Waals surface area contributed by atoms with Crippen LogP contribution in [0.1, 0.15) is 54.6 Å². The maximum Gasteiger partial charge on any atom is 0.329 e. The number of nitrogens with zero attached hydrogens (tertiary/aromatic N) is 5. The first-order valence-electron chi connectivity index (χ1n) is 14.9. The average molecular weight is 628 g/mol. The summed E-state index contributed by atoms with van der Waals surface area (Å²) in [4.78, 5) is 22.8. The van der Waals surface area contributed by atoms with Gasteiger partial charge in [0.15, 0.2) is 5.88 Å². The maximum absolute atomic E-state index is 13.8. The fourth-order valence-electron chi connectivity index (χ4n) is 6.80. The number of carbonyl (C=O) groups is 1. The maximum atomic E-state index is 13.8. The van der Waals surface area contributed by atoms with Crippen molar-refractivity contribution in [2.24, 2.45) is 5.92 Å². The number of ether oxygens (including phenoxy) is 1. The number of piperidine rings is 1. The smallest absolute Gasteiger partial charge is 0.329 e. The molecular weight excluding hydrogens is 592 g/mol. The van der Waals surface area contributed by atoms with E-state index in [2.05, 4.69) is 15.6 Å². The van der Waals surface area contributed by atoms with Gasteiger partial charge in [-0.25, -0.2) is 18.4 Å². The van der Waals surface area contributed by atoms with E-state index in [1.807, 2.05) is 22.0 Å². The van der Waals surface area contributed by atoms with Crippen molar-refractivity contribution in [1.29, 1.82) is 0 Å². The number of hydrogen-bond acceptors (Lipinski definition) is 7. The van der Waals surface area contributed by atoms with Crippen molar-refractivity contribution >= 4 is 38.4 Å². The zero-order valence-corrected chi connectivity index (χ0v) is 25.6. The highest BCUT2D eigenvalue weighted by Crippen LogP contribution is 2.38. The first kappa shape index (κ1) is 29.0. The molecule has 0 aromatic carbocycles. The third-order valence-corrected chi connectivity index (χ3v) is 10.2. The van der Waals surface area contributed by atoms with Crippen molar-refractivity contribution < 1.29 is 26.7 Å². The number of methoxy groups -OCH3 is 1. The number of rotatable bonds is 9. The monoisotopic (exact) mass is 627 g/mol. The van der Waals surface area contributed by atoms with E-state index in [1.54, 1.807) is 25.3 Å². The molecule has 14 heteroatoms. The van der Waals surface area contributed by atoms with Gasteiger partial charge in [-0.3, -0.25) is 9.20 Å². The lowest BCUT2D eigenvalue weighted by Crippen LogP contribution is -2.52. The summed E-state index contributed by atoms with van der Waals surface area (Å²) in [5, 5.41) is 7.49. The molecule has 3 aliphatic rings. The molecule has 0 unspecified atom stereocenters. The number of hydrogen-bond donors (Lipinski definition) is 2. The molecule has 3 fully saturated rings. The Labute approximate surface area is 253 Å². The number of anilines is 1. The molecule has 2 N–H and O–H groups in total. The summed E-state index contributed by atoms with van der Waals surface area (Å²) in [7, 11) is -2.72. The highest BCUT2D eigenvalue weighted by molar-refractivity contribution is 7.92. The Morgan fingerprint density at radius 3 is 2.61 bits per heavy atom. The molecule has 0 spiro atoms. The Bertz CT molecular complexity index is 1890. The second-order valence-electron chi connectivity index (χ2n) is 12.2. The molecule has 1 saturated carbocycles. The molecule has 11 nitrogen and oxygen atoms in total. The lowest BCUT2D eigenvalue weighted by Gasteiger charge is -2.30. The zero-order valence-electron chi connectivity index (χ0n) is 24.8. The van der Waals surface area contributed by atoms with Crippen molar-refractivity contribution in [3.63, 3.8) is 0 Å². The number of imidazole rings is 1. The Balaban J connectivity index is 1.30. The molecule has 4 aromatic heterocycles. The van der Waals surface area contributed by atoms with Crippen LogP contribution in [0.15, 0.2) is 30.3 Å². The van der Waals surface area contributed by atoms with E-state index in [4.69, 9.17) is 9.72 Å². The summed E-state index contributed by atoms with van der Waals surface area (Å²) in [5.74, 6) is 0.321. The molecular formula is C30H35F2N7O4S. The van der Waals surface area contributed by atoms with Crippen LogP contribution in [0.2, 0.25) is 0 Å². The highest BCUT2D eigenvalue weighted by Gasteiger charge is 2.36. The van der Waals surface area contributed by atoms with Crippen LogP contribution in [0.25, 0.3) is 28.1 Å². The molecule has 1 amide bonds. The Morgan fingerprint density at radius 2 is 1.91 bits per heavy atom. The van der Waals surface area contributed by atoms with Gasteiger partial charge in [0, 0.05) is 41.7 Å². The van der Waals surface area contributed by atoms with Gasteiger partial charge in [0.05, 0.1) is 24.8 Å². The van der Waals surface area contributed by atoms with Gasteiger partial charge in [-0.2, -0.15) is 13.1 Å². The minimum Gasteiger partial charge on any atom is -0.482 e. The van der Waals surface area contributed by atoms with E-state index in [9.17, 15) is 22.0 Å². The highest BCUT2D eigenvalue weighted by atomic mass is 32.2. The van der Waals surface area contributed by atoms with Gasteiger partial charge in [0.25, 0.3) is 5.91 Å². The number of halogens is 2. The summed E-state index contributed by atoms with van der Waals surface area (Å²) in [6.45, 7) is -0.786. The minimum absolute atomic E-state index is 0.0304. The molecule has 7 rings (SSSR count). The van der Waals surface area contributed by atoms with Gasteiger partial charge in [0.2, 0.25) is 10.0 Å². The van der Waals surface area contributed by atoms with Crippen LogP contribution in [0.4, 0.5) is 14.6 Å². The predicted molar refractivity (Wildman–Crippen MR) is 162 cm³/mol. The number of amides is 1. The van der Waals surface area contributed by atoms with E-state index in [-0.39, 0.29) is 28.1 Å². The summed E-state index contributed by atoms with van der Waals surface area (Å²) < 4.78 is 61.5. The topological polar surface area (TPSA) is 123 Å². The van der Waals surface area contributed by atoms with E-state index < -0.39 is 16.6 Å². The molecule has 44 heavy (non-hydrogen) atoms. The van der Waals surface area contributed by atoms with E-state index in [0.717, 1.165) is 56.2 Å². The SMILES string of the molecule is COc1cc(C(=O)N[C@@H]2CC[C@H]3CC[C@@H]2N3)cc2nc(-c3cc4ccc(N(C(F)F)S(C)(=O)=O)nc4n3CC3CC3)c(C)n12. The third kappa shape index (κ3) is 5.07. The predicted octanol–water partition coefficient (Wildman–Crippen LogP) is 4.08. The fraction of sp³-hybridized carbons (Fsp3) is 0.500. The number of carbonyl (C=O) groups excluding carboxylic acids is 1. The van der Waals surface area contributed by atoms with E-state index in [1.165, 1.54) is 6.07 Å². The van der Waals surface area contributed by atoms with Crippen LogP contribution in [0.5, 0.6) is 5.88 Å². The molecule has 2 saturated heterocycles. The molecule has 234 valence electrons. The largest absolute Gasteiger partial charge is 0.482 e. The van der Waals surface area contributed by atoms with Crippen LogP contribution in [0, 0.1) is 12.8 Å². The number of aromatic nitrogens is 4. The minimum atomic E-state index is -4.26. The Morgan fingerprint density at radius 1 is 1.14 bits per heavy atom. The summed E-state index contributed by atoms with van der Waals surface area (Å²) in [6.07, 6.45) is 6.98. The lowest BCUT2D eigenvalue weighted by molar-refractivity contribution is 0.0919. The molecule has 0 radical (unpaired) electrons. The summed E-state index contributed by atoms with van der Waals surface area (Å²) >= 11 is 0. The van der Waals surface area contributed by atoms with Crippen molar-refractivity contribution in [1.82, 2.24) is 29.6 Å². The number of pyridine rings is 2. The summed E-state index contributed by atoms with van der Waals surface area (Å²) in [5.41, 5.74) is 3.49. The van der Waals surface area contributed by atoms with Crippen molar-refractivity contribution in [2.75, 3.05) is 17.7 Å². The molecule has 3 atom stereocenters. The van der Waals surface area contributed by atoms with Crippen LogP contribution in [-0.4, -0.2) is 71.3 Å². The lowest BCUT2D eigenvalue weighted by atomic mass is 9.99. The molecule has 2 bridgehead atoms. The van der Waals surface area contributed by atoms with E-state index in [0.29, 0.717) is 52.3 Å². The number of fused-ring (bicyclic) bond motifs is 4. The molecule has 6 heterocycles. The van der Waals surface area contributed by atoms with Gasteiger partial charge in [-0.1, -0.05) is 0 Å². The Hall–Kier alpha value is -3.78. The molecule has 2 aliphatic heterocycles. The van der Waals surface area contributed by atoms with Crippen LogP contribution in [-0.2, 0) is 16.6 Å².